The predicted molar refractivity (Wildman–Crippen MR) is 107 cm³/mol. The van der Waals surface area contributed by atoms with E-state index in [-0.39, 0.29) is 6.04 Å². The SMILES string of the molecule is CC(CCc1ccccc1)NCC(O)c1cc(C(N)=O)c2ncccc2c1. The summed E-state index contributed by atoms with van der Waals surface area (Å²) in [6, 6.07) is 17.8. The molecule has 2 atom stereocenters. The number of fused-ring (bicyclic) bond motifs is 1. The van der Waals surface area contributed by atoms with E-state index in [1.54, 1.807) is 18.3 Å². The van der Waals surface area contributed by atoms with Crippen LogP contribution in [-0.4, -0.2) is 28.6 Å². The smallest absolute Gasteiger partial charge is 0.250 e. The van der Waals surface area contributed by atoms with Gasteiger partial charge in [0.1, 0.15) is 0 Å². The Morgan fingerprint density at radius 2 is 1.96 bits per heavy atom. The molecule has 0 bridgehead atoms. The van der Waals surface area contributed by atoms with Gasteiger partial charge in [0.15, 0.2) is 0 Å². The van der Waals surface area contributed by atoms with Gasteiger partial charge >= 0.3 is 0 Å². The molecule has 1 amide bonds. The summed E-state index contributed by atoms with van der Waals surface area (Å²) in [5.74, 6) is -0.545. The van der Waals surface area contributed by atoms with Crippen molar-refractivity contribution in [3.63, 3.8) is 0 Å². The molecule has 3 aromatic rings. The topological polar surface area (TPSA) is 88.2 Å². The third kappa shape index (κ3) is 4.90. The van der Waals surface area contributed by atoms with Crippen molar-refractivity contribution in [2.45, 2.75) is 31.9 Å². The van der Waals surface area contributed by atoms with Crippen LogP contribution >= 0.6 is 0 Å². The lowest BCUT2D eigenvalue weighted by Crippen LogP contribution is -2.31. The predicted octanol–water partition coefficient (Wildman–Crippen LogP) is 2.98. The van der Waals surface area contributed by atoms with Gasteiger partial charge in [0.05, 0.1) is 17.2 Å². The first kappa shape index (κ1) is 19.0. The van der Waals surface area contributed by atoms with Crippen LogP contribution in [-0.2, 0) is 6.42 Å². The van der Waals surface area contributed by atoms with Crippen molar-refractivity contribution in [3.05, 3.63) is 77.5 Å². The summed E-state index contributed by atoms with van der Waals surface area (Å²) in [6.45, 7) is 2.51. The minimum Gasteiger partial charge on any atom is -0.387 e. The van der Waals surface area contributed by atoms with E-state index in [0.29, 0.717) is 23.2 Å². The highest BCUT2D eigenvalue weighted by molar-refractivity contribution is 6.05. The number of aromatic nitrogens is 1. The number of aliphatic hydroxyl groups is 1. The molecule has 140 valence electrons. The van der Waals surface area contributed by atoms with Crippen LogP contribution in [0.1, 0.15) is 40.9 Å². The summed E-state index contributed by atoms with van der Waals surface area (Å²) < 4.78 is 0. The molecule has 2 aromatic carbocycles. The van der Waals surface area contributed by atoms with E-state index >= 15 is 0 Å². The molecular formula is C22H25N3O2. The van der Waals surface area contributed by atoms with E-state index in [4.69, 9.17) is 5.73 Å². The lowest BCUT2D eigenvalue weighted by Gasteiger charge is -2.18. The fraction of sp³-hybridized carbons (Fsp3) is 0.273. The largest absolute Gasteiger partial charge is 0.387 e. The van der Waals surface area contributed by atoms with Gasteiger partial charge in [-0.2, -0.15) is 0 Å². The second kappa shape index (κ2) is 8.75. The number of pyridine rings is 1. The Labute approximate surface area is 159 Å². The van der Waals surface area contributed by atoms with E-state index in [0.717, 1.165) is 18.2 Å². The molecule has 5 nitrogen and oxygen atoms in total. The van der Waals surface area contributed by atoms with Gasteiger partial charge in [-0.25, -0.2) is 0 Å². The van der Waals surface area contributed by atoms with Crippen molar-refractivity contribution in [2.75, 3.05) is 6.54 Å². The van der Waals surface area contributed by atoms with Crippen LogP contribution < -0.4 is 11.1 Å². The maximum Gasteiger partial charge on any atom is 0.250 e. The molecule has 5 heteroatoms. The molecule has 27 heavy (non-hydrogen) atoms. The first-order valence-corrected chi connectivity index (χ1v) is 9.18. The van der Waals surface area contributed by atoms with Gasteiger partial charge < -0.3 is 16.2 Å². The Morgan fingerprint density at radius 1 is 1.19 bits per heavy atom. The first-order valence-electron chi connectivity index (χ1n) is 9.18. The number of nitrogens with one attached hydrogen (secondary N) is 1. The fourth-order valence-electron chi connectivity index (χ4n) is 3.16. The minimum atomic E-state index is -0.730. The molecule has 0 aliphatic carbocycles. The first-order chi connectivity index (χ1) is 13.0. The molecule has 1 heterocycles. The van der Waals surface area contributed by atoms with Crippen molar-refractivity contribution < 1.29 is 9.90 Å². The van der Waals surface area contributed by atoms with Crippen LogP contribution in [0.25, 0.3) is 10.9 Å². The average Bonchev–Trinajstić information content (AvgIpc) is 2.70. The number of nitrogens with two attached hydrogens (primary N) is 1. The van der Waals surface area contributed by atoms with E-state index in [2.05, 4.69) is 29.4 Å². The molecule has 4 N–H and O–H groups in total. The fourth-order valence-corrected chi connectivity index (χ4v) is 3.16. The molecule has 2 unspecified atom stereocenters. The highest BCUT2D eigenvalue weighted by atomic mass is 16.3. The number of primary amides is 1. The standard InChI is InChI=1S/C22H25N3O2/c1-15(9-10-16-6-3-2-4-7-16)25-14-20(26)18-12-17-8-5-11-24-21(17)19(13-18)22(23)27/h2-8,11-13,15,20,25-26H,9-10,14H2,1H3,(H2,23,27). The van der Waals surface area contributed by atoms with E-state index < -0.39 is 12.0 Å². The zero-order valence-corrected chi connectivity index (χ0v) is 15.4. The lowest BCUT2D eigenvalue weighted by molar-refractivity contribution is 0.100. The summed E-state index contributed by atoms with van der Waals surface area (Å²) in [4.78, 5) is 16.0. The number of carbonyl (C=O) groups is 1. The highest BCUT2D eigenvalue weighted by Gasteiger charge is 2.15. The molecule has 3 rings (SSSR count). The summed E-state index contributed by atoms with van der Waals surface area (Å²) in [5, 5.41) is 14.7. The molecular weight excluding hydrogens is 338 g/mol. The van der Waals surface area contributed by atoms with Crippen LogP contribution in [0, 0.1) is 0 Å². The third-order valence-electron chi connectivity index (χ3n) is 4.75. The molecule has 0 saturated carbocycles. The quantitative estimate of drug-likeness (QED) is 0.574. The van der Waals surface area contributed by atoms with Crippen molar-refractivity contribution >= 4 is 16.8 Å². The Bertz CT molecular complexity index is 912. The summed E-state index contributed by atoms with van der Waals surface area (Å²) in [6.07, 6.45) is 2.86. The molecule has 1 aromatic heterocycles. The zero-order chi connectivity index (χ0) is 19.2. The molecule has 0 radical (unpaired) electrons. The Kier molecular flexibility index (Phi) is 6.16. The lowest BCUT2D eigenvalue weighted by atomic mass is 10.0. The van der Waals surface area contributed by atoms with Crippen LogP contribution in [0.5, 0.6) is 0 Å². The molecule has 0 aliphatic rings. The number of hydrogen-bond acceptors (Lipinski definition) is 4. The third-order valence-corrected chi connectivity index (χ3v) is 4.75. The molecule has 0 spiro atoms. The van der Waals surface area contributed by atoms with Gasteiger partial charge in [-0.1, -0.05) is 36.4 Å². The maximum absolute atomic E-state index is 11.8. The highest BCUT2D eigenvalue weighted by Crippen LogP contribution is 2.23. The maximum atomic E-state index is 11.8. The monoisotopic (exact) mass is 363 g/mol. The second-order valence-electron chi connectivity index (χ2n) is 6.86. The number of aliphatic hydroxyl groups excluding tert-OH is 1. The summed E-state index contributed by atoms with van der Waals surface area (Å²) in [5.41, 5.74) is 8.35. The number of hydrogen-bond donors (Lipinski definition) is 3. The second-order valence-corrected chi connectivity index (χ2v) is 6.86. The van der Waals surface area contributed by atoms with Crippen LogP contribution in [0.2, 0.25) is 0 Å². The van der Waals surface area contributed by atoms with E-state index in [1.807, 2.05) is 30.3 Å². The Hall–Kier alpha value is -2.76. The van der Waals surface area contributed by atoms with Gasteiger partial charge in [0.25, 0.3) is 5.91 Å². The average molecular weight is 363 g/mol. The minimum absolute atomic E-state index is 0.262. The van der Waals surface area contributed by atoms with E-state index in [1.165, 1.54) is 5.56 Å². The van der Waals surface area contributed by atoms with Crippen LogP contribution in [0.15, 0.2) is 60.8 Å². The van der Waals surface area contributed by atoms with Gasteiger partial charge in [0.2, 0.25) is 0 Å². The van der Waals surface area contributed by atoms with E-state index in [9.17, 15) is 9.90 Å². The molecule has 0 aliphatic heterocycles. The van der Waals surface area contributed by atoms with Gasteiger partial charge in [-0.05, 0) is 49.1 Å². The van der Waals surface area contributed by atoms with Crippen molar-refractivity contribution in [2.24, 2.45) is 5.73 Å². The normalized spacial score (nSPS) is 13.4. The number of nitrogens with zero attached hydrogens (tertiary/aromatic N) is 1. The zero-order valence-electron chi connectivity index (χ0n) is 15.4. The number of carbonyl (C=O) groups excluding carboxylic acids is 1. The van der Waals surface area contributed by atoms with Crippen LogP contribution in [0.3, 0.4) is 0 Å². The molecule has 0 fully saturated rings. The van der Waals surface area contributed by atoms with Crippen molar-refractivity contribution in [3.8, 4) is 0 Å². The number of rotatable bonds is 8. The van der Waals surface area contributed by atoms with Gasteiger partial charge in [0, 0.05) is 24.2 Å². The Morgan fingerprint density at radius 3 is 2.70 bits per heavy atom. The number of amides is 1. The molecule has 0 saturated heterocycles. The van der Waals surface area contributed by atoms with Crippen LogP contribution in [0.4, 0.5) is 0 Å². The van der Waals surface area contributed by atoms with Crippen molar-refractivity contribution in [1.82, 2.24) is 10.3 Å². The van der Waals surface area contributed by atoms with Crippen molar-refractivity contribution in [1.29, 1.82) is 0 Å². The van der Waals surface area contributed by atoms with Gasteiger partial charge in [-0.15, -0.1) is 0 Å². The number of benzene rings is 2. The van der Waals surface area contributed by atoms with Gasteiger partial charge in [-0.3, -0.25) is 9.78 Å². The summed E-state index contributed by atoms with van der Waals surface area (Å²) >= 11 is 0. The Balaban J connectivity index is 1.63. The summed E-state index contributed by atoms with van der Waals surface area (Å²) in [7, 11) is 0. The number of aryl methyl sites for hydroxylation is 1.